The molecule has 10 aromatic carbocycles. The predicted octanol–water partition coefficient (Wildman–Crippen LogP) is 18.3. The van der Waals surface area contributed by atoms with E-state index < -0.39 is 22.3 Å². The van der Waals surface area contributed by atoms with Crippen LogP contribution in [0.3, 0.4) is 0 Å². The van der Waals surface area contributed by atoms with E-state index in [1.54, 1.807) is 24.3 Å². The first-order valence-electron chi connectivity index (χ1n) is 25.7. The molecule has 6 heteroatoms. The molecular weight excluding hydrogens is 927 g/mol. The van der Waals surface area contributed by atoms with E-state index in [4.69, 9.17) is 0 Å². The number of rotatable bonds is 10. The third kappa shape index (κ3) is 7.52. The normalized spacial score (nSPS) is 15.3. The van der Waals surface area contributed by atoms with E-state index in [2.05, 4.69) is 220 Å². The Labute approximate surface area is 430 Å². The van der Waals surface area contributed by atoms with E-state index in [-0.39, 0.29) is 11.6 Å². The van der Waals surface area contributed by atoms with Crippen LogP contribution in [0.2, 0.25) is 38.3 Å². The van der Waals surface area contributed by atoms with Crippen LogP contribution in [0.15, 0.2) is 218 Å². The van der Waals surface area contributed by atoms with Crippen LogP contribution in [-0.2, 0) is 5.41 Å². The molecule has 2 nitrogen and oxygen atoms in total. The molecule has 2 aliphatic carbocycles. The predicted molar refractivity (Wildman–Crippen MR) is 313 cm³/mol. The van der Waals surface area contributed by atoms with Crippen molar-refractivity contribution in [3.8, 4) is 22.3 Å². The van der Waals surface area contributed by atoms with E-state index in [0.717, 1.165) is 34.1 Å². The Kier molecular flexibility index (Phi) is 11.3. The summed E-state index contributed by atoms with van der Waals surface area (Å²) in [5.41, 5.74) is 15.0. The summed E-state index contributed by atoms with van der Waals surface area (Å²) in [6.45, 7) is 16.4. The molecule has 0 fully saturated rings. The van der Waals surface area contributed by atoms with Gasteiger partial charge >= 0.3 is 0 Å². The maximum atomic E-state index is 14.9. The van der Waals surface area contributed by atoms with Gasteiger partial charge in [-0.25, -0.2) is 8.78 Å². The molecule has 0 radical (unpaired) electrons. The summed E-state index contributed by atoms with van der Waals surface area (Å²) < 4.78 is 29.7. The molecule has 0 heterocycles. The molecule has 0 aromatic heterocycles. The van der Waals surface area contributed by atoms with Gasteiger partial charge in [0, 0.05) is 34.1 Å². The third-order valence-electron chi connectivity index (χ3n) is 15.9. The molecule has 10 aromatic rings. The van der Waals surface area contributed by atoms with Crippen molar-refractivity contribution in [2.75, 3.05) is 9.80 Å². The fraction of sp³-hybridized carbons (Fsp3) is 0.134. The third-order valence-corrected chi connectivity index (χ3v) is 20.5. The lowest BCUT2D eigenvalue weighted by Crippen LogP contribution is -2.27. The molecule has 0 aliphatic heterocycles. The van der Waals surface area contributed by atoms with E-state index in [9.17, 15) is 8.78 Å². The zero-order valence-corrected chi connectivity index (χ0v) is 44.7. The molecule has 0 saturated carbocycles. The van der Waals surface area contributed by atoms with Crippen LogP contribution in [0.25, 0.3) is 54.6 Å². The molecule has 0 amide bonds. The first-order valence-corrected chi connectivity index (χ1v) is 32.1. The number of nitrogens with zero attached hydrogens (tertiary/aromatic N) is 2. The molecule has 2 aliphatic rings. The van der Waals surface area contributed by atoms with Gasteiger partial charge in [-0.3, -0.25) is 0 Å². The topological polar surface area (TPSA) is 6.48 Å². The van der Waals surface area contributed by atoms with Crippen molar-refractivity contribution < 1.29 is 8.78 Å². The molecular formula is C67H58F2N2Si2. The van der Waals surface area contributed by atoms with E-state index in [1.807, 2.05) is 24.3 Å². The second-order valence-electron chi connectivity index (χ2n) is 21.4. The summed E-state index contributed by atoms with van der Waals surface area (Å²) in [6.07, 6.45) is 6.73. The standard InChI is InChI=1S/C67H58F2N2Si2/c1-8-15-49(38-43(2)73(5,6)7)71(47-28-24-45(69)25-29-47)51-33-37-59-58-36-32-50(70(46-26-22-44(68)23-27-46)48-30-34-52(35-31-48)72(3)4)39-64(58)67(65(59)40-51)63-21-14-13-20-57(63)62-41-60-55-18-11-9-16-53(55)54-17-10-12-19-56(54)61(60)42-66(62)67/h8-43,72H,1-7H3/b15-8-,49-38+. The summed E-state index contributed by atoms with van der Waals surface area (Å²) in [5.74, 6) is -0.540. The fourth-order valence-corrected chi connectivity index (χ4v) is 13.4. The molecule has 2 unspecified atom stereocenters. The summed E-state index contributed by atoms with van der Waals surface area (Å²) in [4.78, 5) is 4.60. The number of benzene rings is 10. The quantitative estimate of drug-likeness (QED) is 0.0765. The summed E-state index contributed by atoms with van der Waals surface area (Å²) in [6, 6.07) is 68.5. The van der Waals surface area contributed by atoms with Crippen LogP contribution in [0.1, 0.15) is 36.1 Å². The summed E-state index contributed by atoms with van der Waals surface area (Å²) >= 11 is 0. The van der Waals surface area contributed by atoms with E-state index >= 15 is 0 Å². The lowest BCUT2D eigenvalue weighted by molar-refractivity contribution is 0.627. The van der Waals surface area contributed by atoms with Crippen LogP contribution in [0.4, 0.5) is 37.2 Å². The Bertz CT molecular complexity index is 3870. The summed E-state index contributed by atoms with van der Waals surface area (Å²) in [5, 5.41) is 8.79. The average molecular weight is 985 g/mol. The molecule has 2 atom stereocenters. The highest BCUT2D eigenvalue weighted by molar-refractivity contribution is 6.78. The number of allylic oxidation sites excluding steroid dienone is 3. The lowest BCUT2D eigenvalue weighted by atomic mass is 9.70. The number of fused-ring (bicyclic) bond motifs is 16. The van der Waals surface area contributed by atoms with Gasteiger partial charge in [-0.05, 0) is 192 Å². The van der Waals surface area contributed by atoms with E-state index in [0.29, 0.717) is 5.54 Å². The Morgan fingerprint density at radius 3 is 1.49 bits per heavy atom. The van der Waals surface area contributed by atoms with Gasteiger partial charge in [0.15, 0.2) is 0 Å². The molecule has 0 N–H and O–H groups in total. The van der Waals surface area contributed by atoms with Crippen molar-refractivity contribution in [2.24, 2.45) is 0 Å². The molecule has 0 bridgehead atoms. The van der Waals surface area contributed by atoms with Crippen molar-refractivity contribution in [1.29, 1.82) is 0 Å². The largest absolute Gasteiger partial charge is 0.311 e. The van der Waals surface area contributed by atoms with Crippen LogP contribution in [0, 0.1) is 11.6 Å². The SMILES string of the molecule is C/C=C\C(=C/C(C)[Si](C)(C)C)N(c1ccc(F)cc1)c1ccc2c(c1)C1(c3ccccc3-c3cc4c5ccccc5c5ccccc5c4cc31)c1cc(N(c3ccc(F)cc3)c3ccc([SiH](C)C)cc3)ccc1-2. The lowest BCUT2D eigenvalue weighted by Gasteiger charge is -2.34. The number of hydrogen-bond acceptors (Lipinski definition) is 2. The van der Waals surface area contributed by atoms with Crippen LogP contribution < -0.4 is 15.0 Å². The Morgan fingerprint density at radius 1 is 0.479 bits per heavy atom. The number of anilines is 5. The Hall–Kier alpha value is -7.65. The Morgan fingerprint density at radius 2 is 0.932 bits per heavy atom. The second kappa shape index (κ2) is 17.8. The van der Waals surface area contributed by atoms with Crippen LogP contribution >= 0.6 is 0 Å². The van der Waals surface area contributed by atoms with Gasteiger partial charge in [0.2, 0.25) is 0 Å². The van der Waals surface area contributed by atoms with Crippen LogP contribution in [0.5, 0.6) is 0 Å². The fourth-order valence-electron chi connectivity index (χ4n) is 11.8. The Balaban J connectivity index is 1.19. The zero-order chi connectivity index (χ0) is 50.3. The molecule has 12 rings (SSSR count). The minimum atomic E-state index is -1.63. The second-order valence-corrected chi connectivity index (χ2v) is 30.0. The van der Waals surface area contributed by atoms with E-state index in [1.165, 1.54) is 82.0 Å². The maximum absolute atomic E-state index is 14.9. The van der Waals surface area contributed by atoms with Gasteiger partial charge in [0.1, 0.15) is 11.6 Å². The minimum absolute atomic E-state index is 0.269. The molecule has 0 saturated heterocycles. The number of halogens is 2. The molecule has 1 spiro atoms. The van der Waals surface area contributed by atoms with Crippen molar-refractivity contribution in [1.82, 2.24) is 0 Å². The van der Waals surface area contributed by atoms with Gasteiger partial charge in [0.25, 0.3) is 0 Å². The first-order chi connectivity index (χ1) is 35.3. The smallest absolute Gasteiger partial charge is 0.123 e. The zero-order valence-electron chi connectivity index (χ0n) is 42.5. The van der Waals surface area contributed by atoms with Crippen molar-refractivity contribution in [3.63, 3.8) is 0 Å². The highest BCUT2D eigenvalue weighted by Gasteiger charge is 2.52. The van der Waals surface area contributed by atoms with Crippen molar-refractivity contribution >= 4 is 82.8 Å². The van der Waals surface area contributed by atoms with Crippen molar-refractivity contribution in [2.45, 2.75) is 57.5 Å². The highest BCUT2D eigenvalue weighted by Crippen LogP contribution is 2.65. The minimum Gasteiger partial charge on any atom is -0.311 e. The monoisotopic (exact) mass is 984 g/mol. The van der Waals surface area contributed by atoms with Gasteiger partial charge in [-0.2, -0.15) is 0 Å². The van der Waals surface area contributed by atoms with Gasteiger partial charge < -0.3 is 9.80 Å². The van der Waals surface area contributed by atoms with Crippen molar-refractivity contribution in [3.05, 3.63) is 252 Å². The van der Waals surface area contributed by atoms with Crippen LogP contribution in [-0.4, -0.2) is 16.9 Å². The first kappa shape index (κ1) is 46.4. The summed E-state index contributed by atoms with van der Waals surface area (Å²) in [7, 11) is -2.69. The maximum Gasteiger partial charge on any atom is 0.123 e. The molecule has 73 heavy (non-hydrogen) atoms. The van der Waals surface area contributed by atoms with Gasteiger partial charge in [-0.1, -0.05) is 154 Å². The average Bonchev–Trinajstić information content (AvgIpc) is 3.88. The molecule has 358 valence electrons. The highest BCUT2D eigenvalue weighted by atomic mass is 28.3. The number of hydrogen-bond donors (Lipinski definition) is 0. The van der Waals surface area contributed by atoms with Gasteiger partial charge in [-0.15, -0.1) is 0 Å². The van der Waals surface area contributed by atoms with Gasteiger partial charge in [0.05, 0.1) is 22.3 Å².